The summed E-state index contributed by atoms with van der Waals surface area (Å²) in [5.41, 5.74) is 5.89. The Labute approximate surface area is 84.6 Å². The average Bonchev–Trinajstić information content (AvgIpc) is 2.26. The maximum absolute atomic E-state index is 13.0. The number of halogens is 1. The number of amides is 2. The van der Waals surface area contributed by atoms with Crippen LogP contribution in [0.1, 0.15) is 0 Å². The molecule has 1 rings (SSSR count). The molecule has 1 aromatic rings. The van der Waals surface area contributed by atoms with E-state index >= 15 is 0 Å². The molecule has 15 heavy (non-hydrogen) atoms. The summed E-state index contributed by atoms with van der Waals surface area (Å²) in [4.78, 5) is 21.5. The summed E-state index contributed by atoms with van der Waals surface area (Å²) >= 11 is 0. The normalized spacial score (nSPS) is 9.20. The molecule has 0 fully saturated rings. The van der Waals surface area contributed by atoms with Crippen molar-refractivity contribution in [2.24, 2.45) is 5.84 Å². The molecular formula is C8H9FN4O2. The van der Waals surface area contributed by atoms with Crippen LogP contribution in [0.25, 0.3) is 0 Å². The number of para-hydroxylation sites is 1. The topological polar surface area (TPSA) is 96.2 Å². The molecule has 2 amide bonds. The van der Waals surface area contributed by atoms with E-state index in [0.717, 1.165) is 0 Å². The molecule has 80 valence electrons. The van der Waals surface area contributed by atoms with Crippen molar-refractivity contribution in [2.75, 3.05) is 5.43 Å². The molecule has 1 aromatic carbocycles. The number of anilines is 1. The fourth-order valence-electron chi connectivity index (χ4n) is 0.809. The second kappa shape index (κ2) is 4.91. The van der Waals surface area contributed by atoms with Crippen LogP contribution < -0.4 is 22.1 Å². The van der Waals surface area contributed by atoms with Crippen LogP contribution in [0, 0.1) is 5.82 Å². The van der Waals surface area contributed by atoms with Crippen molar-refractivity contribution < 1.29 is 14.0 Å². The van der Waals surface area contributed by atoms with E-state index in [1.165, 1.54) is 18.2 Å². The molecule has 0 saturated heterocycles. The fraction of sp³-hybridized carbons (Fsp3) is 0. The van der Waals surface area contributed by atoms with Gasteiger partial charge in [-0.15, -0.1) is 0 Å². The summed E-state index contributed by atoms with van der Waals surface area (Å²) < 4.78 is 13.0. The van der Waals surface area contributed by atoms with Gasteiger partial charge in [-0.2, -0.15) is 0 Å². The van der Waals surface area contributed by atoms with Crippen molar-refractivity contribution >= 4 is 17.5 Å². The number of nitrogens with one attached hydrogen (secondary N) is 3. The number of nitrogens with two attached hydrogens (primary N) is 1. The highest BCUT2D eigenvalue weighted by atomic mass is 19.1. The van der Waals surface area contributed by atoms with Crippen LogP contribution in [0.2, 0.25) is 0 Å². The second-order valence-electron chi connectivity index (χ2n) is 2.53. The Kier molecular flexibility index (Phi) is 3.58. The lowest BCUT2D eigenvalue weighted by molar-refractivity contribution is -0.138. The first-order valence-electron chi connectivity index (χ1n) is 3.96. The quantitative estimate of drug-likeness (QED) is 0.225. The van der Waals surface area contributed by atoms with Crippen LogP contribution in [-0.4, -0.2) is 11.8 Å². The molecule has 0 unspecified atom stereocenters. The fourth-order valence-corrected chi connectivity index (χ4v) is 0.809. The highest BCUT2D eigenvalue weighted by Gasteiger charge is 2.11. The third-order valence-electron chi connectivity index (χ3n) is 1.52. The van der Waals surface area contributed by atoms with E-state index in [1.54, 1.807) is 11.5 Å². The summed E-state index contributed by atoms with van der Waals surface area (Å²) in [5, 5.41) is 0. The Hall–Kier alpha value is -2.15. The number of hydrazine groups is 2. The van der Waals surface area contributed by atoms with Crippen molar-refractivity contribution in [3.05, 3.63) is 30.1 Å². The molecule has 0 spiro atoms. The van der Waals surface area contributed by atoms with Crippen LogP contribution >= 0.6 is 0 Å². The van der Waals surface area contributed by atoms with Gasteiger partial charge in [0.1, 0.15) is 5.82 Å². The number of hydrogen-bond acceptors (Lipinski definition) is 4. The van der Waals surface area contributed by atoms with E-state index in [-0.39, 0.29) is 5.69 Å². The molecule has 6 nitrogen and oxygen atoms in total. The van der Waals surface area contributed by atoms with E-state index in [9.17, 15) is 14.0 Å². The molecule has 0 heterocycles. The van der Waals surface area contributed by atoms with Gasteiger partial charge in [-0.3, -0.25) is 25.9 Å². The zero-order valence-corrected chi connectivity index (χ0v) is 7.58. The standard InChI is InChI=1S/C8H9FN4O2/c9-5-3-1-2-4-6(5)12-13-8(15)7(14)11-10/h1-4,12H,10H2,(H,11,14)(H,13,15). The average molecular weight is 212 g/mol. The van der Waals surface area contributed by atoms with Crippen molar-refractivity contribution in [1.29, 1.82) is 0 Å². The summed E-state index contributed by atoms with van der Waals surface area (Å²) in [6.07, 6.45) is 0. The highest BCUT2D eigenvalue weighted by molar-refractivity contribution is 6.35. The predicted molar refractivity (Wildman–Crippen MR) is 50.5 cm³/mol. The lowest BCUT2D eigenvalue weighted by Crippen LogP contribution is -2.45. The summed E-state index contributed by atoms with van der Waals surface area (Å²) in [5.74, 6) is 2.12. The zero-order chi connectivity index (χ0) is 11.3. The Balaban J connectivity index is 2.54. The third-order valence-corrected chi connectivity index (χ3v) is 1.52. The van der Waals surface area contributed by atoms with Gasteiger partial charge >= 0.3 is 11.8 Å². The number of hydrogen-bond donors (Lipinski definition) is 4. The Bertz CT molecular complexity index is 383. The van der Waals surface area contributed by atoms with Crippen molar-refractivity contribution in [1.82, 2.24) is 10.9 Å². The predicted octanol–water partition coefficient (Wildman–Crippen LogP) is -0.741. The summed E-state index contributed by atoms with van der Waals surface area (Å²) in [7, 11) is 0. The van der Waals surface area contributed by atoms with Gasteiger partial charge in [0.25, 0.3) is 0 Å². The molecule has 0 saturated carbocycles. The highest BCUT2D eigenvalue weighted by Crippen LogP contribution is 2.10. The van der Waals surface area contributed by atoms with Gasteiger partial charge in [0.05, 0.1) is 5.69 Å². The molecule has 0 atom stereocenters. The maximum atomic E-state index is 13.0. The minimum absolute atomic E-state index is 0.0515. The summed E-state index contributed by atoms with van der Waals surface area (Å²) in [6, 6.07) is 5.67. The van der Waals surface area contributed by atoms with Crippen molar-refractivity contribution in [3.8, 4) is 0 Å². The van der Waals surface area contributed by atoms with Gasteiger partial charge in [-0.1, -0.05) is 12.1 Å². The summed E-state index contributed by atoms with van der Waals surface area (Å²) in [6.45, 7) is 0. The van der Waals surface area contributed by atoms with Crippen LogP contribution in [0.3, 0.4) is 0 Å². The lowest BCUT2D eigenvalue weighted by Gasteiger charge is -2.07. The lowest BCUT2D eigenvalue weighted by atomic mass is 10.3. The molecule has 0 aliphatic rings. The Morgan fingerprint density at radius 1 is 1.20 bits per heavy atom. The number of rotatable bonds is 2. The van der Waals surface area contributed by atoms with Gasteiger partial charge in [0.2, 0.25) is 0 Å². The van der Waals surface area contributed by atoms with Gasteiger partial charge in [-0.05, 0) is 12.1 Å². The van der Waals surface area contributed by atoms with Gasteiger partial charge in [0.15, 0.2) is 0 Å². The molecular weight excluding hydrogens is 203 g/mol. The first kappa shape index (κ1) is 10.9. The zero-order valence-electron chi connectivity index (χ0n) is 7.58. The van der Waals surface area contributed by atoms with Crippen LogP contribution in [0.5, 0.6) is 0 Å². The van der Waals surface area contributed by atoms with Gasteiger partial charge in [-0.25, -0.2) is 10.2 Å². The Morgan fingerprint density at radius 3 is 2.47 bits per heavy atom. The van der Waals surface area contributed by atoms with Crippen molar-refractivity contribution in [3.63, 3.8) is 0 Å². The molecule has 0 bridgehead atoms. The second-order valence-corrected chi connectivity index (χ2v) is 2.53. The van der Waals surface area contributed by atoms with Gasteiger partial charge < -0.3 is 0 Å². The van der Waals surface area contributed by atoms with E-state index < -0.39 is 17.6 Å². The first-order valence-corrected chi connectivity index (χ1v) is 3.96. The van der Waals surface area contributed by atoms with E-state index in [2.05, 4.69) is 5.43 Å². The van der Waals surface area contributed by atoms with Crippen molar-refractivity contribution in [2.45, 2.75) is 0 Å². The third kappa shape index (κ3) is 2.92. The number of benzene rings is 1. The van der Waals surface area contributed by atoms with E-state index in [0.29, 0.717) is 0 Å². The molecule has 0 aliphatic carbocycles. The first-order chi connectivity index (χ1) is 7.15. The minimum Gasteiger partial charge on any atom is -0.295 e. The van der Waals surface area contributed by atoms with Crippen LogP contribution in [-0.2, 0) is 9.59 Å². The molecule has 0 radical (unpaired) electrons. The number of carbonyl (C=O) groups excluding carboxylic acids is 2. The minimum atomic E-state index is -1.03. The van der Waals surface area contributed by atoms with Crippen LogP contribution in [0.4, 0.5) is 10.1 Å². The molecule has 0 aromatic heterocycles. The molecule has 7 heteroatoms. The van der Waals surface area contributed by atoms with E-state index in [4.69, 9.17) is 5.84 Å². The number of carbonyl (C=O) groups is 2. The van der Waals surface area contributed by atoms with Gasteiger partial charge in [0, 0.05) is 0 Å². The monoisotopic (exact) mass is 212 g/mol. The Morgan fingerprint density at radius 2 is 1.87 bits per heavy atom. The van der Waals surface area contributed by atoms with E-state index in [1.807, 2.05) is 5.43 Å². The SMILES string of the molecule is NNC(=O)C(=O)NNc1ccccc1F. The maximum Gasteiger partial charge on any atom is 0.328 e. The molecule has 5 N–H and O–H groups in total. The smallest absolute Gasteiger partial charge is 0.295 e. The molecule has 0 aliphatic heterocycles. The largest absolute Gasteiger partial charge is 0.328 e. The van der Waals surface area contributed by atoms with Crippen LogP contribution in [0.15, 0.2) is 24.3 Å².